The maximum absolute atomic E-state index is 13.3. The Balaban J connectivity index is 1.41. The number of aromatic nitrogens is 2. The number of fused-ring (bicyclic) bond motifs is 1. The predicted molar refractivity (Wildman–Crippen MR) is 124 cm³/mol. The number of hydrogen-bond acceptors (Lipinski definition) is 4. The minimum absolute atomic E-state index is 0.0245. The number of nitrogens with one attached hydrogen (secondary N) is 2. The lowest BCUT2D eigenvalue weighted by Crippen LogP contribution is -2.15. The van der Waals surface area contributed by atoms with E-state index in [-0.39, 0.29) is 23.5 Å². The summed E-state index contributed by atoms with van der Waals surface area (Å²) in [5, 5.41) is 11.3. The van der Waals surface area contributed by atoms with Crippen molar-refractivity contribution in [2.45, 2.75) is 26.7 Å². The van der Waals surface area contributed by atoms with Crippen LogP contribution in [0.25, 0.3) is 15.9 Å². The van der Waals surface area contributed by atoms with Crippen molar-refractivity contribution in [3.63, 3.8) is 0 Å². The van der Waals surface area contributed by atoms with Crippen molar-refractivity contribution in [1.82, 2.24) is 9.78 Å². The number of halogens is 1. The fourth-order valence-electron chi connectivity index (χ4n) is 3.52. The highest BCUT2D eigenvalue weighted by Crippen LogP contribution is 2.32. The van der Waals surface area contributed by atoms with Gasteiger partial charge in [-0.25, -0.2) is 9.07 Å². The molecule has 0 unspecified atom stereocenters. The van der Waals surface area contributed by atoms with Crippen LogP contribution in [-0.4, -0.2) is 21.6 Å². The smallest absolute Gasteiger partial charge is 0.265 e. The zero-order valence-corrected chi connectivity index (χ0v) is 18.4. The molecular formula is C24H21FN4O2S. The lowest BCUT2D eigenvalue weighted by atomic mass is 10.1. The Morgan fingerprint density at radius 2 is 1.81 bits per heavy atom. The summed E-state index contributed by atoms with van der Waals surface area (Å²) in [7, 11) is 0. The zero-order chi connectivity index (χ0) is 22.4. The predicted octanol–water partition coefficient (Wildman–Crippen LogP) is 5.44. The van der Waals surface area contributed by atoms with E-state index in [2.05, 4.69) is 15.7 Å². The van der Waals surface area contributed by atoms with Gasteiger partial charge in [0.1, 0.15) is 10.6 Å². The number of rotatable bonds is 5. The average molecular weight is 449 g/mol. The molecule has 0 radical (unpaired) electrons. The molecule has 1 saturated carbocycles. The van der Waals surface area contributed by atoms with Crippen LogP contribution in [0.15, 0.2) is 48.5 Å². The molecule has 2 heterocycles. The van der Waals surface area contributed by atoms with Crippen molar-refractivity contribution < 1.29 is 14.0 Å². The van der Waals surface area contributed by atoms with Gasteiger partial charge in [0.25, 0.3) is 5.91 Å². The Kier molecular flexibility index (Phi) is 5.01. The number of carbonyl (C=O) groups is 2. The molecule has 0 saturated heterocycles. The minimum Gasteiger partial charge on any atom is -0.326 e. The van der Waals surface area contributed by atoms with E-state index in [1.54, 1.807) is 22.9 Å². The number of nitrogens with zero attached hydrogens (tertiary/aromatic N) is 2. The first-order chi connectivity index (χ1) is 15.4. The lowest BCUT2D eigenvalue weighted by Gasteiger charge is -2.11. The van der Waals surface area contributed by atoms with Crippen LogP contribution in [0.5, 0.6) is 0 Å². The number of amides is 2. The first-order valence-corrected chi connectivity index (χ1v) is 11.2. The summed E-state index contributed by atoms with van der Waals surface area (Å²) < 4.78 is 15.0. The van der Waals surface area contributed by atoms with Gasteiger partial charge in [0.2, 0.25) is 5.91 Å². The molecule has 0 spiro atoms. The Morgan fingerprint density at radius 3 is 2.53 bits per heavy atom. The topological polar surface area (TPSA) is 76.0 Å². The van der Waals surface area contributed by atoms with Crippen molar-refractivity contribution in [3.8, 4) is 5.69 Å². The molecule has 2 amide bonds. The minimum atomic E-state index is -0.314. The molecule has 2 aromatic heterocycles. The van der Waals surface area contributed by atoms with Gasteiger partial charge in [0.15, 0.2) is 0 Å². The van der Waals surface area contributed by atoms with E-state index in [4.69, 9.17) is 0 Å². The summed E-state index contributed by atoms with van der Waals surface area (Å²) in [5.74, 6) is -0.413. The lowest BCUT2D eigenvalue weighted by molar-refractivity contribution is -0.117. The quantitative estimate of drug-likeness (QED) is 0.427. The van der Waals surface area contributed by atoms with Crippen LogP contribution in [0.3, 0.4) is 0 Å². The molecule has 0 bridgehead atoms. The Bertz CT molecular complexity index is 1350. The van der Waals surface area contributed by atoms with Crippen LogP contribution in [-0.2, 0) is 4.79 Å². The molecule has 2 aromatic carbocycles. The standard InChI is InChI=1S/C24H21FN4O2S/c1-13-3-8-17(26-22(30)15-4-5-15)11-20(13)27-23(31)21-12-19-14(2)28-29(24(19)32-21)18-9-6-16(25)7-10-18/h3,6-12,15H,4-5H2,1-2H3,(H,26,30)(H,27,31). The highest BCUT2D eigenvalue weighted by molar-refractivity contribution is 7.20. The molecule has 0 aliphatic heterocycles. The van der Waals surface area contributed by atoms with Crippen molar-refractivity contribution in [2.24, 2.45) is 5.92 Å². The largest absolute Gasteiger partial charge is 0.326 e. The molecule has 1 aliphatic carbocycles. The van der Waals surface area contributed by atoms with Gasteiger partial charge in [-0.3, -0.25) is 9.59 Å². The van der Waals surface area contributed by atoms with Crippen LogP contribution in [0.2, 0.25) is 0 Å². The molecule has 32 heavy (non-hydrogen) atoms. The number of hydrogen-bond donors (Lipinski definition) is 2. The average Bonchev–Trinajstić information content (AvgIpc) is 3.46. The first-order valence-electron chi connectivity index (χ1n) is 10.4. The third kappa shape index (κ3) is 3.89. The van der Waals surface area contributed by atoms with Gasteiger partial charge in [-0.2, -0.15) is 5.10 Å². The summed E-state index contributed by atoms with van der Waals surface area (Å²) in [6.07, 6.45) is 1.87. The number of aryl methyl sites for hydroxylation is 2. The monoisotopic (exact) mass is 448 g/mol. The maximum atomic E-state index is 13.3. The summed E-state index contributed by atoms with van der Waals surface area (Å²) in [6, 6.07) is 13.4. The second-order valence-electron chi connectivity index (χ2n) is 8.05. The number of anilines is 2. The summed E-state index contributed by atoms with van der Waals surface area (Å²) in [4.78, 5) is 26.4. The van der Waals surface area contributed by atoms with Gasteiger partial charge in [-0.1, -0.05) is 6.07 Å². The fourth-order valence-corrected chi connectivity index (χ4v) is 4.60. The van der Waals surface area contributed by atoms with Crippen LogP contribution < -0.4 is 10.6 Å². The molecule has 0 atom stereocenters. The van der Waals surface area contributed by atoms with E-state index in [0.29, 0.717) is 16.3 Å². The SMILES string of the molecule is Cc1ccc(NC(=O)C2CC2)cc1NC(=O)c1cc2c(C)nn(-c3ccc(F)cc3)c2s1. The molecular weight excluding hydrogens is 427 g/mol. The number of benzene rings is 2. The first kappa shape index (κ1) is 20.4. The molecule has 162 valence electrons. The van der Waals surface area contributed by atoms with Gasteiger partial charge in [-0.15, -0.1) is 11.3 Å². The van der Waals surface area contributed by atoms with E-state index >= 15 is 0 Å². The van der Waals surface area contributed by atoms with Gasteiger partial charge in [-0.05, 0) is 74.7 Å². The molecule has 4 aromatic rings. The fraction of sp³-hybridized carbons (Fsp3) is 0.208. The maximum Gasteiger partial charge on any atom is 0.265 e. The number of carbonyl (C=O) groups excluding carboxylic acids is 2. The summed E-state index contributed by atoms with van der Waals surface area (Å²) in [5.41, 5.74) is 3.74. The zero-order valence-electron chi connectivity index (χ0n) is 17.6. The van der Waals surface area contributed by atoms with Gasteiger partial charge in [0.05, 0.1) is 16.3 Å². The number of thiophene rings is 1. The van der Waals surface area contributed by atoms with E-state index in [9.17, 15) is 14.0 Å². The molecule has 5 rings (SSSR count). The highest BCUT2D eigenvalue weighted by atomic mass is 32.1. The van der Waals surface area contributed by atoms with Gasteiger partial charge >= 0.3 is 0 Å². The molecule has 8 heteroatoms. The molecule has 6 nitrogen and oxygen atoms in total. The third-order valence-corrected chi connectivity index (χ3v) is 6.65. The van der Waals surface area contributed by atoms with E-state index in [0.717, 1.165) is 40.0 Å². The molecule has 2 N–H and O–H groups in total. The van der Waals surface area contributed by atoms with Crippen molar-refractivity contribution in [2.75, 3.05) is 10.6 Å². The Morgan fingerprint density at radius 1 is 1.06 bits per heavy atom. The van der Waals surface area contributed by atoms with Crippen LogP contribution in [0, 0.1) is 25.6 Å². The second kappa shape index (κ2) is 7.87. The van der Waals surface area contributed by atoms with Crippen molar-refractivity contribution in [3.05, 3.63) is 70.5 Å². The van der Waals surface area contributed by atoms with Gasteiger partial charge in [0, 0.05) is 22.7 Å². The summed E-state index contributed by atoms with van der Waals surface area (Å²) >= 11 is 1.33. The molecule has 1 aliphatic rings. The van der Waals surface area contributed by atoms with Gasteiger partial charge < -0.3 is 10.6 Å². The van der Waals surface area contributed by atoms with Crippen LogP contribution in [0.1, 0.15) is 33.8 Å². The summed E-state index contributed by atoms with van der Waals surface area (Å²) in [6.45, 7) is 3.79. The van der Waals surface area contributed by atoms with Crippen LogP contribution in [0.4, 0.5) is 15.8 Å². The van der Waals surface area contributed by atoms with E-state index in [1.165, 1.54) is 23.5 Å². The Labute approximate surface area is 188 Å². The van der Waals surface area contributed by atoms with Crippen molar-refractivity contribution >= 4 is 44.7 Å². The normalized spacial score (nSPS) is 13.3. The highest BCUT2D eigenvalue weighted by Gasteiger charge is 2.29. The second-order valence-corrected chi connectivity index (χ2v) is 9.08. The van der Waals surface area contributed by atoms with Crippen LogP contribution >= 0.6 is 11.3 Å². The third-order valence-electron chi connectivity index (χ3n) is 5.54. The van der Waals surface area contributed by atoms with Crippen molar-refractivity contribution in [1.29, 1.82) is 0 Å². The van der Waals surface area contributed by atoms with E-state index < -0.39 is 0 Å². The van der Waals surface area contributed by atoms with E-state index in [1.807, 2.05) is 32.0 Å². The Hall–Kier alpha value is -3.52. The molecule has 1 fully saturated rings.